The Morgan fingerprint density at radius 3 is 2.32 bits per heavy atom. The number of nitrogens with zero attached hydrogens (tertiary/aromatic N) is 2. The molecule has 1 aromatic heterocycles. The molecular weight excluding hydrogens is 435 g/mol. The minimum atomic E-state index is -4.41. The third kappa shape index (κ3) is 5.82. The number of halogens is 4. The van der Waals surface area contributed by atoms with Gasteiger partial charge in [-0.05, 0) is 59.7 Å². The first-order valence-corrected chi connectivity index (χ1v) is 8.99. The van der Waals surface area contributed by atoms with Crippen LogP contribution in [-0.2, 0) is 12.8 Å². The number of anilines is 1. The Kier molecular flexibility index (Phi) is 6.30. The number of pyridine rings is 1. The third-order valence-corrected chi connectivity index (χ3v) is 4.21. The molecule has 3 rings (SSSR count). The van der Waals surface area contributed by atoms with Crippen LogP contribution in [0.3, 0.4) is 0 Å². The van der Waals surface area contributed by atoms with E-state index in [2.05, 4.69) is 31.4 Å². The average Bonchev–Trinajstić information content (AvgIpc) is 2.68. The lowest BCUT2D eigenvalue weighted by molar-refractivity contribution is -0.137. The fourth-order valence-electron chi connectivity index (χ4n) is 2.20. The number of benzene rings is 2. The minimum Gasteiger partial charge on any atom is -0.489 e. The third-order valence-electron chi connectivity index (χ3n) is 3.68. The number of nitrogens with one attached hydrogen (secondary N) is 1. The van der Waals surface area contributed by atoms with Gasteiger partial charge in [0.15, 0.2) is 0 Å². The SMILES string of the molecule is FC(F)(F)c1ccc(N/N=C\c2ccc(OCc3ccc(Br)cc3)cc2)nc1. The summed E-state index contributed by atoms with van der Waals surface area (Å²) < 4.78 is 44.2. The van der Waals surface area contributed by atoms with Gasteiger partial charge in [-0.2, -0.15) is 18.3 Å². The number of rotatable bonds is 6. The molecule has 1 heterocycles. The molecule has 144 valence electrons. The highest BCUT2D eigenvalue weighted by atomic mass is 79.9. The average molecular weight is 450 g/mol. The second-order valence-corrected chi connectivity index (χ2v) is 6.70. The Labute approximate surface area is 168 Å². The monoisotopic (exact) mass is 449 g/mol. The van der Waals surface area contributed by atoms with Crippen molar-refractivity contribution in [3.05, 3.63) is 88.0 Å². The van der Waals surface area contributed by atoms with Crippen LogP contribution in [0, 0.1) is 0 Å². The van der Waals surface area contributed by atoms with Gasteiger partial charge in [-0.15, -0.1) is 0 Å². The molecule has 0 aliphatic heterocycles. The van der Waals surface area contributed by atoms with Gasteiger partial charge in [-0.3, -0.25) is 5.43 Å². The van der Waals surface area contributed by atoms with E-state index >= 15 is 0 Å². The predicted octanol–water partition coefficient (Wildman–Crippen LogP) is 5.89. The van der Waals surface area contributed by atoms with Crippen LogP contribution in [0.2, 0.25) is 0 Å². The maximum atomic E-state index is 12.5. The summed E-state index contributed by atoms with van der Waals surface area (Å²) in [6.45, 7) is 0.460. The largest absolute Gasteiger partial charge is 0.489 e. The number of hydrazone groups is 1. The van der Waals surface area contributed by atoms with E-state index in [1.165, 1.54) is 12.3 Å². The molecule has 0 fully saturated rings. The summed E-state index contributed by atoms with van der Waals surface area (Å²) in [6.07, 6.45) is -2.11. The fourth-order valence-corrected chi connectivity index (χ4v) is 2.46. The van der Waals surface area contributed by atoms with Crippen LogP contribution in [0.4, 0.5) is 19.0 Å². The van der Waals surface area contributed by atoms with Gasteiger partial charge in [0, 0.05) is 10.7 Å². The Balaban J connectivity index is 1.51. The number of hydrogen-bond acceptors (Lipinski definition) is 4. The summed E-state index contributed by atoms with van der Waals surface area (Å²) in [6, 6.07) is 17.3. The van der Waals surface area contributed by atoms with Crippen molar-refractivity contribution in [2.45, 2.75) is 12.8 Å². The second-order valence-electron chi connectivity index (χ2n) is 5.78. The molecular formula is C20H15BrF3N3O. The van der Waals surface area contributed by atoms with Gasteiger partial charge in [0.2, 0.25) is 0 Å². The van der Waals surface area contributed by atoms with E-state index in [1.54, 1.807) is 0 Å². The van der Waals surface area contributed by atoms with Gasteiger partial charge in [0.1, 0.15) is 18.2 Å². The van der Waals surface area contributed by atoms with Crippen LogP contribution in [0.1, 0.15) is 16.7 Å². The van der Waals surface area contributed by atoms with Gasteiger partial charge >= 0.3 is 6.18 Å². The van der Waals surface area contributed by atoms with E-state index in [-0.39, 0.29) is 5.82 Å². The summed E-state index contributed by atoms with van der Waals surface area (Å²) >= 11 is 3.39. The van der Waals surface area contributed by atoms with Crippen molar-refractivity contribution in [3.63, 3.8) is 0 Å². The highest BCUT2D eigenvalue weighted by Gasteiger charge is 2.30. The van der Waals surface area contributed by atoms with Crippen LogP contribution in [0.25, 0.3) is 0 Å². The maximum Gasteiger partial charge on any atom is 0.417 e. The quantitative estimate of drug-likeness (QED) is 0.377. The number of aromatic nitrogens is 1. The number of alkyl halides is 3. The van der Waals surface area contributed by atoms with E-state index < -0.39 is 11.7 Å². The molecule has 0 atom stereocenters. The van der Waals surface area contributed by atoms with Crippen molar-refractivity contribution in [1.29, 1.82) is 0 Å². The summed E-state index contributed by atoms with van der Waals surface area (Å²) in [5.41, 5.74) is 3.65. The maximum absolute atomic E-state index is 12.5. The predicted molar refractivity (Wildman–Crippen MR) is 105 cm³/mol. The first-order chi connectivity index (χ1) is 13.4. The van der Waals surface area contributed by atoms with E-state index in [4.69, 9.17) is 4.74 Å². The molecule has 0 saturated heterocycles. The van der Waals surface area contributed by atoms with Gasteiger partial charge in [0.05, 0.1) is 11.8 Å². The zero-order valence-corrected chi connectivity index (χ0v) is 16.0. The van der Waals surface area contributed by atoms with Gasteiger partial charge < -0.3 is 4.74 Å². The van der Waals surface area contributed by atoms with Crippen LogP contribution in [0.15, 0.2) is 76.4 Å². The minimum absolute atomic E-state index is 0.221. The van der Waals surface area contributed by atoms with Crippen LogP contribution in [-0.4, -0.2) is 11.2 Å². The highest BCUT2D eigenvalue weighted by molar-refractivity contribution is 9.10. The molecule has 2 aromatic carbocycles. The molecule has 28 heavy (non-hydrogen) atoms. The number of ether oxygens (including phenoxy) is 1. The lowest BCUT2D eigenvalue weighted by Gasteiger charge is -2.07. The van der Waals surface area contributed by atoms with Gasteiger partial charge in [-0.1, -0.05) is 28.1 Å². The molecule has 0 saturated carbocycles. The Morgan fingerprint density at radius 1 is 1.00 bits per heavy atom. The molecule has 1 N–H and O–H groups in total. The summed E-state index contributed by atoms with van der Waals surface area (Å²) in [4.78, 5) is 3.68. The molecule has 0 radical (unpaired) electrons. The van der Waals surface area contributed by atoms with E-state index in [0.717, 1.165) is 33.6 Å². The van der Waals surface area contributed by atoms with Crippen molar-refractivity contribution < 1.29 is 17.9 Å². The first-order valence-electron chi connectivity index (χ1n) is 8.20. The molecule has 4 nitrogen and oxygen atoms in total. The smallest absolute Gasteiger partial charge is 0.417 e. The topological polar surface area (TPSA) is 46.5 Å². The zero-order valence-electron chi connectivity index (χ0n) is 14.4. The van der Waals surface area contributed by atoms with Crippen molar-refractivity contribution in [2.75, 3.05) is 5.43 Å². The Morgan fingerprint density at radius 2 is 1.71 bits per heavy atom. The molecule has 0 spiro atoms. The molecule has 0 amide bonds. The second kappa shape index (κ2) is 8.88. The van der Waals surface area contributed by atoms with E-state index in [1.807, 2.05) is 48.5 Å². The molecule has 0 bridgehead atoms. The molecule has 3 aromatic rings. The lowest BCUT2D eigenvalue weighted by Crippen LogP contribution is -2.05. The summed E-state index contributed by atoms with van der Waals surface area (Å²) in [5.74, 6) is 0.941. The van der Waals surface area contributed by atoms with E-state index in [0.29, 0.717) is 6.61 Å². The van der Waals surface area contributed by atoms with Crippen LogP contribution < -0.4 is 10.2 Å². The molecule has 0 aliphatic carbocycles. The Bertz CT molecular complexity index is 925. The molecule has 8 heteroatoms. The summed E-state index contributed by atoms with van der Waals surface area (Å²) in [7, 11) is 0. The van der Waals surface area contributed by atoms with Crippen molar-refractivity contribution >= 4 is 28.0 Å². The Hall–Kier alpha value is -2.87. The fraction of sp³-hybridized carbons (Fsp3) is 0.100. The first kappa shape index (κ1) is 19.9. The van der Waals surface area contributed by atoms with Gasteiger partial charge in [0.25, 0.3) is 0 Å². The van der Waals surface area contributed by atoms with Crippen LogP contribution >= 0.6 is 15.9 Å². The van der Waals surface area contributed by atoms with Crippen molar-refractivity contribution in [3.8, 4) is 5.75 Å². The van der Waals surface area contributed by atoms with Gasteiger partial charge in [-0.25, -0.2) is 4.98 Å². The lowest BCUT2D eigenvalue weighted by atomic mass is 10.2. The van der Waals surface area contributed by atoms with E-state index in [9.17, 15) is 13.2 Å². The molecule has 0 aliphatic rings. The van der Waals surface area contributed by atoms with Crippen molar-refractivity contribution in [2.24, 2.45) is 5.10 Å². The summed E-state index contributed by atoms with van der Waals surface area (Å²) in [5, 5.41) is 3.97. The van der Waals surface area contributed by atoms with Crippen molar-refractivity contribution in [1.82, 2.24) is 4.98 Å². The standard InChI is InChI=1S/C20H15BrF3N3O/c21-17-6-1-15(2-7-17)13-28-18-8-3-14(4-9-18)11-26-27-19-10-5-16(12-25-19)20(22,23)24/h1-12H,13H2,(H,25,27)/b26-11-. The number of hydrogen-bond donors (Lipinski definition) is 1. The molecule has 0 unspecified atom stereocenters. The highest BCUT2D eigenvalue weighted by Crippen LogP contribution is 2.28. The normalized spacial score (nSPS) is 11.6. The van der Waals surface area contributed by atoms with Crippen LogP contribution in [0.5, 0.6) is 5.75 Å². The zero-order chi connectivity index (χ0) is 20.0.